The molecule has 0 heterocycles. The standard InChI is InChI=1S/C12H15N3O4/c16-8-13-6-3-7-14-11(18)12(19)15-9-4-1-2-5-10(9)17/h1-2,4-5,8,17H,3,6-7H2,(H,13,16)(H,14,18)(H,15,19). The van der Waals surface area contributed by atoms with E-state index >= 15 is 0 Å². The first kappa shape index (κ1) is 14.5. The Morgan fingerprint density at radius 1 is 1.16 bits per heavy atom. The SMILES string of the molecule is O=CNCCCNC(=O)C(=O)Nc1ccccc1O. The highest BCUT2D eigenvalue weighted by atomic mass is 16.3. The maximum absolute atomic E-state index is 11.5. The van der Waals surface area contributed by atoms with E-state index in [2.05, 4.69) is 16.0 Å². The molecule has 4 N–H and O–H groups in total. The van der Waals surface area contributed by atoms with E-state index in [1.54, 1.807) is 12.1 Å². The highest BCUT2D eigenvalue weighted by Crippen LogP contribution is 2.21. The highest BCUT2D eigenvalue weighted by molar-refractivity contribution is 6.39. The molecule has 0 fully saturated rings. The summed E-state index contributed by atoms with van der Waals surface area (Å²) in [6.07, 6.45) is 1.08. The Labute approximate surface area is 110 Å². The van der Waals surface area contributed by atoms with Crippen LogP contribution in [0, 0.1) is 0 Å². The van der Waals surface area contributed by atoms with Crippen molar-refractivity contribution in [1.82, 2.24) is 10.6 Å². The van der Waals surface area contributed by atoms with Crippen LogP contribution in [0.2, 0.25) is 0 Å². The minimum absolute atomic E-state index is 0.112. The van der Waals surface area contributed by atoms with Crippen LogP contribution < -0.4 is 16.0 Å². The van der Waals surface area contributed by atoms with E-state index in [1.165, 1.54) is 12.1 Å². The molecule has 1 rings (SSSR count). The van der Waals surface area contributed by atoms with Crippen molar-refractivity contribution in [1.29, 1.82) is 0 Å². The Balaban J connectivity index is 2.35. The van der Waals surface area contributed by atoms with Crippen molar-refractivity contribution in [2.75, 3.05) is 18.4 Å². The number of phenolic OH excluding ortho intramolecular Hbond substituents is 1. The van der Waals surface area contributed by atoms with Crippen molar-refractivity contribution in [3.05, 3.63) is 24.3 Å². The highest BCUT2D eigenvalue weighted by Gasteiger charge is 2.14. The van der Waals surface area contributed by atoms with Gasteiger partial charge in [0.1, 0.15) is 5.75 Å². The number of hydrogen-bond donors (Lipinski definition) is 4. The number of benzene rings is 1. The molecule has 0 spiro atoms. The number of rotatable bonds is 6. The van der Waals surface area contributed by atoms with Crippen molar-refractivity contribution >= 4 is 23.9 Å². The fourth-order valence-electron chi connectivity index (χ4n) is 1.29. The Morgan fingerprint density at radius 2 is 1.89 bits per heavy atom. The summed E-state index contributed by atoms with van der Waals surface area (Å²) in [5.41, 5.74) is 0.172. The molecule has 19 heavy (non-hydrogen) atoms. The molecule has 0 aliphatic heterocycles. The van der Waals surface area contributed by atoms with Crippen molar-refractivity contribution in [2.45, 2.75) is 6.42 Å². The normalized spacial score (nSPS) is 9.47. The summed E-state index contributed by atoms with van der Waals surface area (Å²) < 4.78 is 0. The van der Waals surface area contributed by atoms with E-state index in [0.717, 1.165) is 0 Å². The third-order valence-electron chi connectivity index (χ3n) is 2.23. The third kappa shape index (κ3) is 5.07. The molecule has 0 bridgehead atoms. The Morgan fingerprint density at radius 3 is 2.58 bits per heavy atom. The molecule has 0 aliphatic rings. The summed E-state index contributed by atoms with van der Waals surface area (Å²) >= 11 is 0. The maximum atomic E-state index is 11.5. The minimum Gasteiger partial charge on any atom is -0.506 e. The molecule has 1 aromatic carbocycles. The molecule has 0 saturated carbocycles. The Bertz CT molecular complexity index is 462. The van der Waals surface area contributed by atoms with Gasteiger partial charge in [-0.25, -0.2) is 0 Å². The van der Waals surface area contributed by atoms with E-state index in [9.17, 15) is 19.5 Å². The summed E-state index contributed by atoms with van der Waals surface area (Å²) in [6, 6.07) is 6.11. The lowest BCUT2D eigenvalue weighted by Gasteiger charge is -2.07. The van der Waals surface area contributed by atoms with Crippen LogP contribution in [-0.4, -0.2) is 36.4 Å². The molecule has 0 atom stereocenters. The van der Waals surface area contributed by atoms with Gasteiger partial charge in [0.2, 0.25) is 6.41 Å². The summed E-state index contributed by atoms with van der Waals surface area (Å²) in [5.74, 6) is -1.77. The summed E-state index contributed by atoms with van der Waals surface area (Å²) in [5, 5.41) is 16.5. The van der Waals surface area contributed by atoms with E-state index in [-0.39, 0.29) is 18.0 Å². The number of carbonyl (C=O) groups excluding carboxylic acids is 3. The number of carbonyl (C=O) groups is 3. The van der Waals surface area contributed by atoms with Crippen LogP contribution in [0.15, 0.2) is 24.3 Å². The molecular weight excluding hydrogens is 250 g/mol. The second-order valence-electron chi connectivity index (χ2n) is 3.65. The molecule has 0 radical (unpaired) electrons. The van der Waals surface area contributed by atoms with Crippen LogP contribution >= 0.6 is 0 Å². The number of hydrogen-bond acceptors (Lipinski definition) is 4. The predicted octanol–water partition coefficient (Wildman–Crippen LogP) is -0.417. The first-order valence-corrected chi connectivity index (χ1v) is 5.69. The lowest BCUT2D eigenvalue weighted by Crippen LogP contribution is -2.36. The van der Waals surface area contributed by atoms with Gasteiger partial charge in [-0.2, -0.15) is 0 Å². The zero-order chi connectivity index (χ0) is 14.1. The van der Waals surface area contributed by atoms with Gasteiger partial charge in [-0.3, -0.25) is 14.4 Å². The van der Waals surface area contributed by atoms with Gasteiger partial charge in [0.15, 0.2) is 0 Å². The monoisotopic (exact) mass is 265 g/mol. The summed E-state index contributed by atoms with van der Waals surface area (Å²) in [7, 11) is 0. The van der Waals surface area contributed by atoms with Gasteiger partial charge < -0.3 is 21.1 Å². The largest absolute Gasteiger partial charge is 0.506 e. The van der Waals surface area contributed by atoms with E-state index in [4.69, 9.17) is 0 Å². The second-order valence-corrected chi connectivity index (χ2v) is 3.65. The number of para-hydroxylation sites is 2. The number of anilines is 1. The zero-order valence-electron chi connectivity index (χ0n) is 10.2. The number of aromatic hydroxyl groups is 1. The molecule has 0 saturated heterocycles. The fourth-order valence-corrected chi connectivity index (χ4v) is 1.29. The van der Waals surface area contributed by atoms with E-state index in [1.807, 2.05) is 0 Å². The summed E-state index contributed by atoms with van der Waals surface area (Å²) in [4.78, 5) is 32.8. The average molecular weight is 265 g/mol. The van der Waals surface area contributed by atoms with Gasteiger partial charge in [-0.1, -0.05) is 12.1 Å². The Hall–Kier alpha value is -2.57. The van der Waals surface area contributed by atoms with Crippen LogP contribution in [0.1, 0.15) is 6.42 Å². The quantitative estimate of drug-likeness (QED) is 0.242. The molecule has 7 heteroatoms. The maximum Gasteiger partial charge on any atom is 0.313 e. The van der Waals surface area contributed by atoms with Gasteiger partial charge in [-0.15, -0.1) is 0 Å². The fraction of sp³-hybridized carbons (Fsp3) is 0.250. The van der Waals surface area contributed by atoms with Gasteiger partial charge in [0.25, 0.3) is 0 Å². The van der Waals surface area contributed by atoms with Crippen LogP contribution in [0.5, 0.6) is 5.75 Å². The molecule has 102 valence electrons. The third-order valence-corrected chi connectivity index (χ3v) is 2.23. The van der Waals surface area contributed by atoms with Gasteiger partial charge in [0.05, 0.1) is 5.69 Å². The predicted molar refractivity (Wildman–Crippen MR) is 68.4 cm³/mol. The van der Waals surface area contributed by atoms with Crippen molar-refractivity contribution in [3.8, 4) is 5.75 Å². The Kier molecular flexibility index (Phi) is 5.87. The van der Waals surface area contributed by atoms with Crippen molar-refractivity contribution in [3.63, 3.8) is 0 Å². The number of nitrogens with one attached hydrogen (secondary N) is 3. The molecular formula is C12H15N3O4. The molecule has 0 aromatic heterocycles. The molecule has 1 aromatic rings. The lowest BCUT2D eigenvalue weighted by molar-refractivity contribution is -0.136. The van der Waals surface area contributed by atoms with Crippen molar-refractivity contribution in [2.24, 2.45) is 0 Å². The second kappa shape index (κ2) is 7.70. The van der Waals surface area contributed by atoms with Crippen LogP contribution in [0.3, 0.4) is 0 Å². The average Bonchev–Trinajstić information content (AvgIpc) is 2.41. The van der Waals surface area contributed by atoms with Crippen LogP contribution in [0.25, 0.3) is 0 Å². The molecule has 3 amide bonds. The molecule has 7 nitrogen and oxygen atoms in total. The van der Waals surface area contributed by atoms with Crippen molar-refractivity contribution < 1.29 is 19.5 Å². The van der Waals surface area contributed by atoms with Gasteiger partial charge in [-0.05, 0) is 18.6 Å². The van der Waals surface area contributed by atoms with Crippen LogP contribution in [-0.2, 0) is 14.4 Å². The number of amides is 3. The topological polar surface area (TPSA) is 108 Å². The lowest BCUT2D eigenvalue weighted by atomic mass is 10.3. The van der Waals surface area contributed by atoms with Gasteiger partial charge in [0, 0.05) is 13.1 Å². The summed E-state index contributed by atoms with van der Waals surface area (Å²) in [6.45, 7) is 0.693. The van der Waals surface area contributed by atoms with Gasteiger partial charge >= 0.3 is 11.8 Å². The minimum atomic E-state index is -0.857. The first-order valence-electron chi connectivity index (χ1n) is 5.69. The molecule has 0 aliphatic carbocycles. The van der Waals surface area contributed by atoms with E-state index < -0.39 is 11.8 Å². The van der Waals surface area contributed by atoms with Crippen LogP contribution in [0.4, 0.5) is 5.69 Å². The van der Waals surface area contributed by atoms with E-state index in [0.29, 0.717) is 19.4 Å². The molecule has 0 unspecified atom stereocenters. The zero-order valence-corrected chi connectivity index (χ0v) is 10.2. The smallest absolute Gasteiger partial charge is 0.313 e. The first-order chi connectivity index (χ1) is 9.15. The number of phenols is 1.